The number of urea groups is 1. The maximum absolute atomic E-state index is 12.7. The number of nitrogens with zero attached hydrogens (tertiary/aromatic N) is 4. The molecule has 3 heterocycles. The molecule has 2 aromatic heterocycles. The molecular formula is C21H26N6O2. The van der Waals surface area contributed by atoms with Gasteiger partial charge in [0.25, 0.3) is 0 Å². The van der Waals surface area contributed by atoms with Gasteiger partial charge in [-0.2, -0.15) is 5.10 Å². The van der Waals surface area contributed by atoms with E-state index in [-0.39, 0.29) is 24.2 Å². The molecular weight excluding hydrogens is 368 g/mol. The van der Waals surface area contributed by atoms with Gasteiger partial charge in [0.15, 0.2) is 0 Å². The van der Waals surface area contributed by atoms with Gasteiger partial charge in [0.1, 0.15) is 11.9 Å². The number of imidazole rings is 1. The van der Waals surface area contributed by atoms with Crippen LogP contribution in [0.5, 0.6) is 0 Å². The lowest BCUT2D eigenvalue weighted by Gasteiger charge is -2.22. The van der Waals surface area contributed by atoms with E-state index in [1.807, 2.05) is 68.2 Å². The molecule has 3 aromatic rings. The first-order valence-corrected chi connectivity index (χ1v) is 9.80. The van der Waals surface area contributed by atoms with E-state index >= 15 is 0 Å². The molecule has 0 saturated carbocycles. The van der Waals surface area contributed by atoms with Crippen LogP contribution in [0.3, 0.4) is 0 Å². The molecule has 8 nitrogen and oxygen atoms in total. The minimum absolute atomic E-state index is 0.0982. The average molecular weight is 394 g/mol. The van der Waals surface area contributed by atoms with Crippen molar-refractivity contribution in [1.82, 2.24) is 30.0 Å². The van der Waals surface area contributed by atoms with E-state index in [9.17, 15) is 4.79 Å². The van der Waals surface area contributed by atoms with Gasteiger partial charge in [0, 0.05) is 43.5 Å². The quantitative estimate of drug-likeness (QED) is 0.697. The Morgan fingerprint density at radius 3 is 2.83 bits per heavy atom. The van der Waals surface area contributed by atoms with Gasteiger partial charge >= 0.3 is 6.03 Å². The van der Waals surface area contributed by atoms with E-state index in [2.05, 4.69) is 20.7 Å². The van der Waals surface area contributed by atoms with Gasteiger partial charge in [-0.05, 0) is 32.4 Å². The van der Waals surface area contributed by atoms with Crippen molar-refractivity contribution >= 4 is 6.03 Å². The Labute approximate surface area is 169 Å². The second-order valence-electron chi connectivity index (χ2n) is 7.36. The van der Waals surface area contributed by atoms with Crippen LogP contribution in [0.2, 0.25) is 0 Å². The van der Waals surface area contributed by atoms with Crippen molar-refractivity contribution < 1.29 is 9.53 Å². The molecule has 0 aliphatic carbocycles. The van der Waals surface area contributed by atoms with E-state index in [1.54, 1.807) is 10.9 Å². The summed E-state index contributed by atoms with van der Waals surface area (Å²) in [5.41, 5.74) is 2.94. The van der Waals surface area contributed by atoms with Gasteiger partial charge < -0.3 is 19.9 Å². The summed E-state index contributed by atoms with van der Waals surface area (Å²) in [5, 5.41) is 10.5. The summed E-state index contributed by atoms with van der Waals surface area (Å²) in [6.07, 6.45) is 6.17. The number of hydrogen-bond acceptors (Lipinski definition) is 4. The van der Waals surface area contributed by atoms with Crippen LogP contribution in [0.4, 0.5) is 4.79 Å². The van der Waals surface area contributed by atoms with Gasteiger partial charge in [0.2, 0.25) is 0 Å². The molecule has 0 spiro atoms. The number of aryl methyl sites for hydroxylation is 2. The average Bonchev–Trinajstić information content (AvgIpc) is 3.42. The fraction of sp³-hybridized carbons (Fsp3) is 0.381. The van der Waals surface area contributed by atoms with Crippen LogP contribution in [0.25, 0.3) is 5.69 Å². The summed E-state index contributed by atoms with van der Waals surface area (Å²) in [5.74, 6) is 0.772. The molecule has 0 radical (unpaired) electrons. The van der Waals surface area contributed by atoms with E-state index in [4.69, 9.17) is 4.74 Å². The first-order valence-electron chi connectivity index (χ1n) is 9.80. The smallest absolute Gasteiger partial charge is 0.315 e. The van der Waals surface area contributed by atoms with Crippen LogP contribution >= 0.6 is 0 Å². The van der Waals surface area contributed by atoms with Crippen LogP contribution in [-0.4, -0.2) is 38.0 Å². The standard InChI is InChI=1S/C21H26N6O2/c1-14-17(13-26(3)25-14)19-18(9-12-29-19)24-21(28)23-15(2)20-22-10-11-27(20)16-7-5-4-6-8-16/h4-8,10-11,13,15,18-19H,9,12H2,1-3H3,(H2,23,24,28)/t15?,18-,19+/m1/s1. The zero-order valence-corrected chi connectivity index (χ0v) is 16.9. The molecule has 1 aliphatic heterocycles. The third kappa shape index (κ3) is 4.02. The summed E-state index contributed by atoms with van der Waals surface area (Å²) in [6, 6.07) is 9.35. The number of para-hydroxylation sites is 1. The van der Waals surface area contributed by atoms with Crippen LogP contribution in [0, 0.1) is 6.92 Å². The first kappa shape index (κ1) is 19.2. The number of carbonyl (C=O) groups is 1. The molecule has 152 valence electrons. The van der Waals surface area contributed by atoms with Crippen LogP contribution in [0.15, 0.2) is 48.9 Å². The zero-order valence-electron chi connectivity index (χ0n) is 16.9. The maximum Gasteiger partial charge on any atom is 0.315 e. The fourth-order valence-electron chi connectivity index (χ4n) is 3.85. The summed E-state index contributed by atoms with van der Waals surface area (Å²) in [4.78, 5) is 17.1. The number of benzene rings is 1. The third-order valence-electron chi connectivity index (χ3n) is 5.20. The topological polar surface area (TPSA) is 86.0 Å². The monoisotopic (exact) mass is 394 g/mol. The third-order valence-corrected chi connectivity index (χ3v) is 5.20. The molecule has 1 unspecified atom stereocenters. The lowest BCUT2D eigenvalue weighted by molar-refractivity contribution is 0.0993. The Bertz CT molecular complexity index is 980. The number of ether oxygens (including phenoxy) is 1. The predicted octanol–water partition coefficient (Wildman–Crippen LogP) is 2.80. The molecule has 8 heteroatoms. The van der Waals surface area contributed by atoms with Crippen molar-refractivity contribution in [1.29, 1.82) is 0 Å². The molecule has 1 saturated heterocycles. The molecule has 29 heavy (non-hydrogen) atoms. The van der Waals surface area contributed by atoms with Crippen molar-refractivity contribution in [2.75, 3.05) is 6.61 Å². The normalized spacial score (nSPS) is 19.8. The van der Waals surface area contributed by atoms with Gasteiger partial charge in [-0.3, -0.25) is 4.68 Å². The number of nitrogens with one attached hydrogen (secondary N) is 2. The lowest BCUT2D eigenvalue weighted by atomic mass is 10.0. The molecule has 1 aromatic carbocycles. The highest BCUT2D eigenvalue weighted by Gasteiger charge is 2.33. The zero-order chi connectivity index (χ0) is 20.4. The molecule has 3 atom stereocenters. The van der Waals surface area contributed by atoms with Crippen LogP contribution < -0.4 is 10.6 Å². The lowest BCUT2D eigenvalue weighted by Crippen LogP contribution is -2.44. The van der Waals surface area contributed by atoms with Gasteiger partial charge in [-0.15, -0.1) is 0 Å². The Morgan fingerprint density at radius 1 is 1.31 bits per heavy atom. The second kappa shape index (κ2) is 8.08. The highest BCUT2D eigenvalue weighted by molar-refractivity contribution is 5.74. The maximum atomic E-state index is 12.7. The SMILES string of the molecule is Cc1nn(C)cc1[C@@H]1OCC[C@H]1NC(=O)NC(C)c1nccn1-c1ccccc1. The molecule has 4 rings (SSSR count). The number of rotatable bonds is 5. The fourth-order valence-corrected chi connectivity index (χ4v) is 3.85. The van der Waals surface area contributed by atoms with Crippen molar-refractivity contribution in [3.05, 3.63) is 66.0 Å². The number of carbonyl (C=O) groups excluding carboxylic acids is 1. The van der Waals surface area contributed by atoms with Gasteiger partial charge in [-0.25, -0.2) is 9.78 Å². The van der Waals surface area contributed by atoms with Gasteiger partial charge in [0.05, 0.1) is 17.8 Å². The van der Waals surface area contributed by atoms with Crippen molar-refractivity contribution in [3.8, 4) is 5.69 Å². The predicted molar refractivity (Wildman–Crippen MR) is 109 cm³/mol. The molecule has 1 aliphatic rings. The second-order valence-corrected chi connectivity index (χ2v) is 7.36. The summed E-state index contributed by atoms with van der Waals surface area (Å²) in [7, 11) is 1.89. The van der Waals surface area contributed by atoms with E-state index in [0.29, 0.717) is 6.61 Å². The Hall–Kier alpha value is -3.13. The van der Waals surface area contributed by atoms with E-state index in [0.717, 1.165) is 29.2 Å². The number of aromatic nitrogens is 4. The van der Waals surface area contributed by atoms with Gasteiger partial charge in [-0.1, -0.05) is 18.2 Å². The molecule has 2 amide bonds. The minimum atomic E-state index is -0.258. The first-order chi connectivity index (χ1) is 14.0. The highest BCUT2D eigenvalue weighted by atomic mass is 16.5. The molecule has 2 N–H and O–H groups in total. The Balaban J connectivity index is 1.42. The largest absolute Gasteiger partial charge is 0.371 e. The molecule has 1 fully saturated rings. The summed E-state index contributed by atoms with van der Waals surface area (Å²) < 4.78 is 9.64. The van der Waals surface area contributed by atoms with E-state index in [1.165, 1.54) is 0 Å². The van der Waals surface area contributed by atoms with Crippen LogP contribution in [-0.2, 0) is 11.8 Å². The Morgan fingerprint density at radius 2 is 2.10 bits per heavy atom. The highest BCUT2D eigenvalue weighted by Crippen LogP contribution is 2.30. The Kier molecular flexibility index (Phi) is 5.35. The minimum Gasteiger partial charge on any atom is -0.371 e. The van der Waals surface area contributed by atoms with Crippen molar-refractivity contribution in [3.63, 3.8) is 0 Å². The number of amides is 2. The summed E-state index contributed by atoms with van der Waals surface area (Å²) >= 11 is 0. The van der Waals surface area contributed by atoms with Crippen molar-refractivity contribution in [2.45, 2.75) is 38.5 Å². The van der Waals surface area contributed by atoms with Crippen molar-refractivity contribution in [2.24, 2.45) is 7.05 Å². The van der Waals surface area contributed by atoms with E-state index < -0.39 is 0 Å². The molecule has 0 bridgehead atoms. The van der Waals surface area contributed by atoms with Crippen LogP contribution in [0.1, 0.15) is 42.6 Å². The summed E-state index contributed by atoms with van der Waals surface area (Å²) in [6.45, 7) is 4.49. The number of hydrogen-bond donors (Lipinski definition) is 2.